The van der Waals surface area contributed by atoms with E-state index in [-0.39, 0.29) is 0 Å². The zero-order valence-electron chi connectivity index (χ0n) is 12.8. The van der Waals surface area contributed by atoms with Gasteiger partial charge >= 0.3 is 0 Å². The first-order valence-electron chi connectivity index (χ1n) is 7.88. The van der Waals surface area contributed by atoms with Crippen LogP contribution >= 0.6 is 0 Å². The average molecular weight is 284 g/mol. The summed E-state index contributed by atoms with van der Waals surface area (Å²) < 4.78 is 2.05. The zero-order valence-corrected chi connectivity index (χ0v) is 12.8. The third-order valence-electron chi connectivity index (χ3n) is 4.09. The first-order valence-corrected chi connectivity index (χ1v) is 7.88. The SMILES string of the molecule is CCCN1CCN(Cn2cc(-c3ccccc3)cn2)CC1. The molecule has 0 spiro atoms. The van der Waals surface area contributed by atoms with Crippen LogP contribution in [0.25, 0.3) is 11.1 Å². The van der Waals surface area contributed by atoms with Crippen LogP contribution in [0.5, 0.6) is 0 Å². The lowest BCUT2D eigenvalue weighted by Crippen LogP contribution is -2.46. The topological polar surface area (TPSA) is 24.3 Å². The Bertz CT molecular complexity index is 541. The van der Waals surface area contributed by atoms with Gasteiger partial charge in [-0.3, -0.25) is 9.58 Å². The van der Waals surface area contributed by atoms with E-state index in [0.29, 0.717) is 0 Å². The summed E-state index contributed by atoms with van der Waals surface area (Å²) in [6.45, 7) is 9.02. The predicted molar refractivity (Wildman–Crippen MR) is 86.0 cm³/mol. The smallest absolute Gasteiger partial charge is 0.0929 e. The Labute approximate surface area is 127 Å². The second kappa shape index (κ2) is 6.87. The summed E-state index contributed by atoms with van der Waals surface area (Å²) in [5.74, 6) is 0. The third kappa shape index (κ3) is 3.71. The molecule has 3 rings (SSSR count). The fraction of sp³-hybridized carbons (Fsp3) is 0.471. The van der Waals surface area contributed by atoms with Gasteiger partial charge in [0.1, 0.15) is 0 Å². The van der Waals surface area contributed by atoms with Crippen LogP contribution < -0.4 is 0 Å². The van der Waals surface area contributed by atoms with Gasteiger partial charge in [-0.15, -0.1) is 0 Å². The molecule has 1 fully saturated rings. The highest BCUT2D eigenvalue weighted by Gasteiger charge is 2.16. The minimum Gasteiger partial charge on any atom is -0.301 e. The Morgan fingerprint density at radius 2 is 1.67 bits per heavy atom. The molecule has 1 aromatic carbocycles. The maximum Gasteiger partial charge on any atom is 0.0929 e. The lowest BCUT2D eigenvalue weighted by atomic mass is 10.1. The Balaban J connectivity index is 1.56. The van der Waals surface area contributed by atoms with E-state index in [1.54, 1.807) is 0 Å². The summed E-state index contributed by atoms with van der Waals surface area (Å²) in [7, 11) is 0. The minimum absolute atomic E-state index is 0.896. The Hall–Kier alpha value is -1.65. The molecule has 1 saturated heterocycles. The molecule has 0 saturated carbocycles. The molecule has 0 amide bonds. The van der Waals surface area contributed by atoms with Gasteiger partial charge < -0.3 is 4.90 Å². The van der Waals surface area contributed by atoms with Gasteiger partial charge in [-0.05, 0) is 18.5 Å². The molecule has 0 radical (unpaired) electrons. The molecule has 4 nitrogen and oxygen atoms in total. The van der Waals surface area contributed by atoms with Gasteiger partial charge in [0.2, 0.25) is 0 Å². The van der Waals surface area contributed by atoms with Crippen LogP contribution in [0.4, 0.5) is 0 Å². The van der Waals surface area contributed by atoms with Crippen molar-refractivity contribution in [1.29, 1.82) is 0 Å². The van der Waals surface area contributed by atoms with Crippen LogP contribution in [0.1, 0.15) is 13.3 Å². The molecule has 2 heterocycles. The van der Waals surface area contributed by atoms with Gasteiger partial charge in [0, 0.05) is 37.9 Å². The number of benzene rings is 1. The molecular weight excluding hydrogens is 260 g/mol. The highest BCUT2D eigenvalue weighted by Crippen LogP contribution is 2.17. The number of piperazine rings is 1. The first-order chi connectivity index (χ1) is 10.3. The summed E-state index contributed by atoms with van der Waals surface area (Å²) in [4.78, 5) is 5.03. The summed E-state index contributed by atoms with van der Waals surface area (Å²) in [5.41, 5.74) is 2.43. The van der Waals surface area contributed by atoms with Crippen molar-refractivity contribution in [2.24, 2.45) is 0 Å². The Kier molecular flexibility index (Phi) is 4.68. The summed E-state index contributed by atoms with van der Waals surface area (Å²) in [6, 6.07) is 10.4. The van der Waals surface area contributed by atoms with Crippen molar-refractivity contribution in [3.63, 3.8) is 0 Å². The van der Waals surface area contributed by atoms with Crippen molar-refractivity contribution in [2.75, 3.05) is 32.7 Å². The van der Waals surface area contributed by atoms with Crippen molar-refractivity contribution in [3.05, 3.63) is 42.7 Å². The Morgan fingerprint density at radius 1 is 0.952 bits per heavy atom. The standard InChI is InChI=1S/C17H24N4/c1-2-8-19-9-11-20(12-10-19)15-21-14-17(13-18-21)16-6-4-3-5-7-16/h3-7,13-14H,2,8-12,15H2,1H3. The molecule has 4 heteroatoms. The Morgan fingerprint density at radius 3 is 2.38 bits per heavy atom. The minimum atomic E-state index is 0.896. The predicted octanol–water partition coefficient (Wildman–Crippen LogP) is 2.54. The number of rotatable bonds is 5. The van der Waals surface area contributed by atoms with Crippen LogP contribution in [-0.2, 0) is 6.67 Å². The van der Waals surface area contributed by atoms with Crippen LogP contribution in [-0.4, -0.2) is 52.3 Å². The van der Waals surface area contributed by atoms with E-state index in [4.69, 9.17) is 0 Å². The van der Waals surface area contributed by atoms with Gasteiger partial charge in [0.15, 0.2) is 0 Å². The first kappa shape index (κ1) is 14.3. The summed E-state index contributed by atoms with van der Waals surface area (Å²) in [5, 5.41) is 4.50. The van der Waals surface area contributed by atoms with Gasteiger partial charge in [-0.25, -0.2) is 0 Å². The van der Waals surface area contributed by atoms with Gasteiger partial charge in [-0.2, -0.15) is 5.10 Å². The molecule has 0 N–H and O–H groups in total. The van der Waals surface area contributed by atoms with E-state index >= 15 is 0 Å². The van der Waals surface area contributed by atoms with E-state index in [9.17, 15) is 0 Å². The maximum atomic E-state index is 4.50. The van der Waals surface area contributed by atoms with Crippen LogP contribution in [0.15, 0.2) is 42.7 Å². The summed E-state index contributed by atoms with van der Waals surface area (Å²) >= 11 is 0. The third-order valence-corrected chi connectivity index (χ3v) is 4.09. The van der Waals surface area contributed by atoms with E-state index in [1.165, 1.54) is 37.2 Å². The number of hydrogen-bond donors (Lipinski definition) is 0. The second-order valence-corrected chi connectivity index (χ2v) is 5.74. The number of hydrogen-bond acceptors (Lipinski definition) is 3. The lowest BCUT2D eigenvalue weighted by Gasteiger charge is -2.34. The van der Waals surface area contributed by atoms with Crippen LogP contribution in [0.3, 0.4) is 0 Å². The maximum absolute atomic E-state index is 4.50. The van der Waals surface area contributed by atoms with Crippen molar-refractivity contribution < 1.29 is 0 Å². The normalized spacial score (nSPS) is 17.2. The highest BCUT2D eigenvalue weighted by atomic mass is 15.4. The van der Waals surface area contributed by atoms with Crippen molar-refractivity contribution >= 4 is 0 Å². The van der Waals surface area contributed by atoms with Crippen molar-refractivity contribution in [2.45, 2.75) is 20.0 Å². The molecular formula is C17H24N4. The van der Waals surface area contributed by atoms with Gasteiger partial charge in [0.05, 0.1) is 12.9 Å². The molecule has 0 bridgehead atoms. The second-order valence-electron chi connectivity index (χ2n) is 5.74. The van der Waals surface area contributed by atoms with Crippen molar-refractivity contribution in [3.8, 4) is 11.1 Å². The zero-order chi connectivity index (χ0) is 14.5. The molecule has 0 aliphatic carbocycles. The molecule has 21 heavy (non-hydrogen) atoms. The monoisotopic (exact) mass is 284 g/mol. The quantitative estimate of drug-likeness (QED) is 0.843. The molecule has 1 aromatic heterocycles. The fourth-order valence-corrected chi connectivity index (χ4v) is 2.90. The molecule has 112 valence electrons. The molecule has 2 aromatic rings. The van der Waals surface area contributed by atoms with Crippen LogP contribution in [0, 0.1) is 0 Å². The van der Waals surface area contributed by atoms with Crippen LogP contribution in [0.2, 0.25) is 0 Å². The highest BCUT2D eigenvalue weighted by molar-refractivity contribution is 5.61. The molecule has 0 unspecified atom stereocenters. The van der Waals surface area contributed by atoms with E-state index in [2.05, 4.69) is 57.0 Å². The van der Waals surface area contributed by atoms with E-state index in [0.717, 1.165) is 19.8 Å². The van der Waals surface area contributed by atoms with Gasteiger partial charge in [0.25, 0.3) is 0 Å². The molecule has 0 atom stereocenters. The lowest BCUT2D eigenvalue weighted by molar-refractivity contribution is 0.103. The number of nitrogens with zero attached hydrogens (tertiary/aromatic N) is 4. The average Bonchev–Trinajstić information content (AvgIpc) is 2.99. The van der Waals surface area contributed by atoms with E-state index < -0.39 is 0 Å². The molecule has 1 aliphatic rings. The van der Waals surface area contributed by atoms with Crippen molar-refractivity contribution in [1.82, 2.24) is 19.6 Å². The summed E-state index contributed by atoms with van der Waals surface area (Å²) in [6.07, 6.45) is 5.36. The van der Waals surface area contributed by atoms with E-state index in [1.807, 2.05) is 12.3 Å². The largest absolute Gasteiger partial charge is 0.301 e. The molecule has 1 aliphatic heterocycles. The van der Waals surface area contributed by atoms with Gasteiger partial charge in [-0.1, -0.05) is 37.3 Å². The number of aromatic nitrogens is 2. The fourth-order valence-electron chi connectivity index (χ4n) is 2.90.